The molecule has 2 aliphatic heterocycles. The first-order valence-electron chi connectivity index (χ1n) is 9.01. The number of phenolic OH excluding ortho intramolecular Hbond substituents is 1. The van der Waals surface area contributed by atoms with E-state index in [9.17, 15) is 10.2 Å². The molecule has 144 valence electrons. The highest BCUT2D eigenvalue weighted by Crippen LogP contribution is 2.64. The predicted molar refractivity (Wildman–Crippen MR) is 105 cm³/mol. The number of ether oxygens (including phenoxy) is 3. The molecule has 6 nitrogen and oxygen atoms in total. The zero-order valence-electron chi connectivity index (χ0n) is 16.1. The van der Waals surface area contributed by atoms with Crippen molar-refractivity contribution in [3.63, 3.8) is 0 Å². The highest BCUT2D eigenvalue weighted by Gasteiger charge is 2.66. The minimum absolute atomic E-state index is 0.0133. The van der Waals surface area contributed by atoms with Gasteiger partial charge in [0.25, 0.3) is 5.91 Å². The van der Waals surface area contributed by atoms with Gasteiger partial charge >= 0.3 is 0 Å². The summed E-state index contributed by atoms with van der Waals surface area (Å²) in [5.74, 6) is -0.882. The second-order valence-electron chi connectivity index (χ2n) is 7.22. The molecule has 1 unspecified atom stereocenters. The largest absolute Gasteiger partial charge is 0.507 e. The third-order valence-electron chi connectivity index (χ3n) is 5.92. The number of nitrogens with zero attached hydrogens (tertiary/aromatic N) is 1. The van der Waals surface area contributed by atoms with E-state index in [4.69, 9.17) is 14.2 Å². The number of anilines is 1. The van der Waals surface area contributed by atoms with Crippen LogP contribution in [0.15, 0.2) is 42.5 Å². The van der Waals surface area contributed by atoms with Crippen molar-refractivity contribution in [2.75, 3.05) is 26.2 Å². The van der Waals surface area contributed by atoms with Gasteiger partial charge in [-0.05, 0) is 36.1 Å². The molecule has 2 N–H and O–H groups in total. The van der Waals surface area contributed by atoms with Gasteiger partial charge in [-0.1, -0.05) is 24.3 Å². The maximum absolute atomic E-state index is 12.2. The summed E-state index contributed by atoms with van der Waals surface area (Å²) in [5, 5.41) is 24.7. The quantitative estimate of drug-likeness (QED) is 0.681. The molecule has 3 aromatic carbocycles. The van der Waals surface area contributed by atoms with E-state index >= 15 is 0 Å². The van der Waals surface area contributed by atoms with Gasteiger partial charge in [0, 0.05) is 25.2 Å². The van der Waals surface area contributed by atoms with Crippen molar-refractivity contribution in [1.29, 1.82) is 0 Å². The molecule has 3 aromatic rings. The zero-order chi connectivity index (χ0) is 19.8. The van der Waals surface area contributed by atoms with Crippen LogP contribution in [0.5, 0.6) is 11.5 Å². The number of phenols is 1. The van der Waals surface area contributed by atoms with Crippen LogP contribution in [0, 0.1) is 6.92 Å². The Morgan fingerprint density at radius 3 is 2.39 bits per heavy atom. The maximum Gasteiger partial charge on any atom is 0.286 e. The van der Waals surface area contributed by atoms with Crippen LogP contribution in [0.2, 0.25) is 0 Å². The van der Waals surface area contributed by atoms with Crippen LogP contribution in [0.25, 0.3) is 10.8 Å². The fourth-order valence-corrected chi connectivity index (χ4v) is 4.92. The molecule has 0 radical (unpaired) electrons. The van der Waals surface area contributed by atoms with Gasteiger partial charge in [0.1, 0.15) is 11.5 Å². The van der Waals surface area contributed by atoms with Gasteiger partial charge in [-0.2, -0.15) is 0 Å². The van der Waals surface area contributed by atoms with Crippen molar-refractivity contribution < 1.29 is 24.4 Å². The van der Waals surface area contributed by atoms with Gasteiger partial charge in [-0.15, -0.1) is 0 Å². The molecule has 5 rings (SSSR count). The van der Waals surface area contributed by atoms with Crippen LogP contribution in [-0.4, -0.2) is 31.5 Å². The van der Waals surface area contributed by atoms with Crippen molar-refractivity contribution in [2.24, 2.45) is 0 Å². The van der Waals surface area contributed by atoms with E-state index in [1.54, 1.807) is 30.2 Å². The van der Waals surface area contributed by atoms with E-state index in [0.29, 0.717) is 22.4 Å². The number of rotatable bonds is 3. The van der Waals surface area contributed by atoms with E-state index < -0.39 is 11.6 Å². The van der Waals surface area contributed by atoms with Crippen LogP contribution < -0.4 is 9.64 Å². The van der Waals surface area contributed by atoms with Gasteiger partial charge in [0.15, 0.2) is 0 Å². The van der Waals surface area contributed by atoms with Gasteiger partial charge in [-0.3, -0.25) is 4.90 Å². The average Bonchev–Trinajstić information content (AvgIpc) is 3.10. The second kappa shape index (κ2) is 5.38. The van der Waals surface area contributed by atoms with Crippen molar-refractivity contribution in [1.82, 2.24) is 0 Å². The molecule has 0 bridgehead atoms. The standard InChI is InChI=1S/C22H21NO5/c1-12-10-13-8-9-16(24)20-18(13)15(11-12)23-21(20,25)14-6-5-7-17(26-2)19(14)22(23,27-3)28-4/h5-11,24-25H,1-4H3. The van der Waals surface area contributed by atoms with E-state index in [-0.39, 0.29) is 5.75 Å². The molecule has 0 spiro atoms. The topological polar surface area (TPSA) is 71.4 Å². The fourth-order valence-electron chi connectivity index (χ4n) is 4.92. The summed E-state index contributed by atoms with van der Waals surface area (Å²) < 4.78 is 17.4. The van der Waals surface area contributed by atoms with Crippen LogP contribution in [0.3, 0.4) is 0 Å². The third kappa shape index (κ3) is 1.69. The number of benzene rings is 3. The van der Waals surface area contributed by atoms with E-state index in [2.05, 4.69) is 0 Å². The molecule has 6 heteroatoms. The number of fused-ring (bicyclic) bond motifs is 5. The summed E-state index contributed by atoms with van der Waals surface area (Å²) >= 11 is 0. The van der Waals surface area contributed by atoms with Crippen molar-refractivity contribution in [3.05, 3.63) is 64.7 Å². The van der Waals surface area contributed by atoms with E-state index in [1.807, 2.05) is 31.2 Å². The van der Waals surface area contributed by atoms with Crippen LogP contribution in [0.4, 0.5) is 5.69 Å². The molecule has 28 heavy (non-hydrogen) atoms. The number of hydrogen-bond acceptors (Lipinski definition) is 6. The van der Waals surface area contributed by atoms with Gasteiger partial charge in [0.2, 0.25) is 5.72 Å². The second-order valence-corrected chi connectivity index (χ2v) is 7.22. The summed E-state index contributed by atoms with van der Waals surface area (Å²) in [6, 6.07) is 12.9. The molecule has 0 saturated heterocycles. The van der Waals surface area contributed by atoms with Gasteiger partial charge in [-0.25, -0.2) is 0 Å². The summed E-state index contributed by atoms with van der Waals surface area (Å²) in [5.41, 5.74) is 1.62. The Kier molecular flexibility index (Phi) is 3.33. The number of methoxy groups -OCH3 is 3. The molecule has 0 aliphatic carbocycles. The maximum atomic E-state index is 12.2. The summed E-state index contributed by atoms with van der Waals surface area (Å²) in [6.45, 7) is 1.99. The smallest absolute Gasteiger partial charge is 0.286 e. The van der Waals surface area contributed by atoms with Crippen molar-refractivity contribution >= 4 is 16.5 Å². The first-order valence-corrected chi connectivity index (χ1v) is 9.01. The molecule has 2 heterocycles. The first-order chi connectivity index (χ1) is 13.4. The molecule has 1 atom stereocenters. The SMILES string of the molecule is COc1cccc2c1C(OC)(OC)N1c3cc(C)cc4ccc(O)c(c34)C21O. The number of aryl methyl sites for hydroxylation is 1. The molecular formula is C22H21NO5. The van der Waals surface area contributed by atoms with Crippen LogP contribution in [-0.2, 0) is 21.1 Å². The molecule has 2 aliphatic rings. The van der Waals surface area contributed by atoms with Crippen molar-refractivity contribution in [2.45, 2.75) is 18.6 Å². The lowest BCUT2D eigenvalue weighted by molar-refractivity contribution is -0.224. The zero-order valence-corrected chi connectivity index (χ0v) is 16.1. The monoisotopic (exact) mass is 379 g/mol. The minimum atomic E-state index is -1.67. The Labute approximate surface area is 162 Å². The lowest BCUT2D eigenvalue weighted by atomic mass is 9.91. The van der Waals surface area contributed by atoms with Gasteiger partial charge < -0.3 is 24.4 Å². The highest BCUT2D eigenvalue weighted by atomic mass is 16.7. The fraction of sp³-hybridized carbons (Fsp3) is 0.273. The molecule has 0 fully saturated rings. The Morgan fingerprint density at radius 1 is 0.964 bits per heavy atom. The molecule has 0 aromatic heterocycles. The Balaban J connectivity index is 2.00. The van der Waals surface area contributed by atoms with Gasteiger partial charge in [0.05, 0.1) is 23.9 Å². The molecular weight excluding hydrogens is 358 g/mol. The summed E-state index contributed by atoms with van der Waals surface area (Å²) in [6.07, 6.45) is 0. The number of aromatic hydroxyl groups is 1. The lowest BCUT2D eigenvalue weighted by Gasteiger charge is -2.41. The van der Waals surface area contributed by atoms with Crippen molar-refractivity contribution in [3.8, 4) is 11.5 Å². The lowest BCUT2D eigenvalue weighted by Crippen LogP contribution is -2.52. The van der Waals surface area contributed by atoms with E-state index in [0.717, 1.165) is 22.0 Å². The predicted octanol–water partition coefficient (Wildman–Crippen LogP) is 3.29. The summed E-state index contributed by atoms with van der Waals surface area (Å²) in [7, 11) is 4.62. The first kappa shape index (κ1) is 17.3. The highest BCUT2D eigenvalue weighted by molar-refractivity contribution is 6.05. The summed E-state index contributed by atoms with van der Waals surface area (Å²) in [4.78, 5) is 1.69. The number of hydrogen-bond donors (Lipinski definition) is 2. The normalized spacial score (nSPS) is 21.1. The third-order valence-corrected chi connectivity index (χ3v) is 5.92. The molecule has 0 saturated carbocycles. The Bertz CT molecular complexity index is 1140. The number of aliphatic hydroxyl groups is 1. The Morgan fingerprint density at radius 2 is 1.71 bits per heavy atom. The van der Waals surface area contributed by atoms with Crippen LogP contribution >= 0.6 is 0 Å². The molecule has 0 amide bonds. The average molecular weight is 379 g/mol. The van der Waals surface area contributed by atoms with E-state index in [1.165, 1.54) is 14.2 Å². The Hall–Kier alpha value is -2.80. The van der Waals surface area contributed by atoms with Crippen LogP contribution in [0.1, 0.15) is 22.3 Å². The minimum Gasteiger partial charge on any atom is -0.507 e.